The smallest absolute Gasteiger partial charge is 0.247 e. The summed E-state index contributed by atoms with van der Waals surface area (Å²) >= 11 is 0. The summed E-state index contributed by atoms with van der Waals surface area (Å²) in [6.45, 7) is 0.652. The van der Waals surface area contributed by atoms with Gasteiger partial charge in [0.25, 0.3) is 0 Å². The largest absolute Gasteiger partial charge is 0.324 e. The van der Waals surface area contributed by atoms with Crippen molar-refractivity contribution in [1.29, 1.82) is 0 Å². The van der Waals surface area contributed by atoms with Crippen LogP contribution in [0.25, 0.3) is 0 Å². The van der Waals surface area contributed by atoms with Crippen molar-refractivity contribution in [3.8, 4) is 0 Å². The Kier molecular flexibility index (Phi) is 5.81. The van der Waals surface area contributed by atoms with E-state index in [9.17, 15) is 18.0 Å². The van der Waals surface area contributed by atoms with Gasteiger partial charge in [0.1, 0.15) is 6.04 Å². The lowest BCUT2D eigenvalue weighted by Crippen LogP contribution is -2.38. The first-order valence-corrected chi connectivity index (χ1v) is 10.8. The van der Waals surface area contributed by atoms with Crippen LogP contribution in [-0.2, 0) is 19.6 Å². The van der Waals surface area contributed by atoms with Crippen molar-refractivity contribution >= 4 is 33.2 Å². The molecule has 0 bridgehead atoms. The summed E-state index contributed by atoms with van der Waals surface area (Å²) in [6, 6.07) is 14.7. The Hall–Kier alpha value is -2.71. The molecule has 8 heteroatoms. The van der Waals surface area contributed by atoms with Gasteiger partial charge < -0.3 is 10.2 Å². The Morgan fingerprint density at radius 2 is 1.86 bits per heavy atom. The van der Waals surface area contributed by atoms with E-state index in [2.05, 4.69) is 5.32 Å². The van der Waals surface area contributed by atoms with E-state index in [-0.39, 0.29) is 5.91 Å². The molecule has 0 unspecified atom stereocenters. The van der Waals surface area contributed by atoms with Gasteiger partial charge in [-0.2, -0.15) is 4.31 Å². The predicted octanol–water partition coefficient (Wildman–Crippen LogP) is 2.38. The van der Waals surface area contributed by atoms with Crippen molar-refractivity contribution in [3.05, 3.63) is 60.2 Å². The molecule has 0 spiro atoms. The lowest BCUT2D eigenvalue weighted by molar-refractivity contribution is -0.119. The van der Waals surface area contributed by atoms with Crippen LogP contribution in [0.1, 0.15) is 24.4 Å². The Labute approximate surface area is 165 Å². The van der Waals surface area contributed by atoms with E-state index < -0.39 is 22.0 Å². The number of benzene rings is 2. The molecule has 148 valence electrons. The molecule has 1 saturated heterocycles. The molecule has 3 rings (SSSR count). The van der Waals surface area contributed by atoms with Crippen molar-refractivity contribution in [2.45, 2.75) is 18.9 Å². The molecule has 1 aliphatic rings. The van der Waals surface area contributed by atoms with Crippen LogP contribution in [0, 0.1) is 0 Å². The zero-order valence-corrected chi connectivity index (χ0v) is 16.6. The number of anilines is 2. The highest BCUT2D eigenvalue weighted by molar-refractivity contribution is 7.88. The van der Waals surface area contributed by atoms with E-state index in [1.54, 1.807) is 53.4 Å². The molecule has 2 aromatic rings. The highest BCUT2D eigenvalue weighted by atomic mass is 32.2. The second-order valence-corrected chi connectivity index (χ2v) is 8.82. The summed E-state index contributed by atoms with van der Waals surface area (Å²) in [5.41, 5.74) is 1.79. The van der Waals surface area contributed by atoms with Crippen molar-refractivity contribution in [3.63, 3.8) is 0 Å². The molecular formula is C20H23N3O4S. The highest BCUT2D eigenvalue weighted by Gasteiger charge is 2.31. The summed E-state index contributed by atoms with van der Waals surface area (Å²) < 4.78 is 25.2. The van der Waals surface area contributed by atoms with E-state index >= 15 is 0 Å². The minimum Gasteiger partial charge on any atom is -0.324 e. The maximum atomic E-state index is 13.0. The molecule has 0 radical (unpaired) electrons. The van der Waals surface area contributed by atoms with Gasteiger partial charge in [-0.05, 0) is 30.2 Å². The topological polar surface area (TPSA) is 86.8 Å². The van der Waals surface area contributed by atoms with E-state index in [4.69, 9.17) is 0 Å². The third kappa shape index (κ3) is 4.40. The number of hydrogen-bond donors (Lipinski definition) is 1. The van der Waals surface area contributed by atoms with Gasteiger partial charge in [0, 0.05) is 31.4 Å². The zero-order valence-electron chi connectivity index (χ0n) is 15.8. The van der Waals surface area contributed by atoms with E-state index in [0.29, 0.717) is 29.9 Å². The van der Waals surface area contributed by atoms with Gasteiger partial charge in [0.05, 0.1) is 6.26 Å². The molecule has 2 amide bonds. The van der Waals surface area contributed by atoms with Crippen LogP contribution in [0.4, 0.5) is 11.4 Å². The minimum atomic E-state index is -3.60. The molecule has 1 atom stereocenters. The summed E-state index contributed by atoms with van der Waals surface area (Å²) in [6.07, 6.45) is 2.40. The van der Waals surface area contributed by atoms with Crippen LogP contribution >= 0.6 is 0 Å². The number of nitrogens with zero attached hydrogens (tertiary/aromatic N) is 2. The van der Waals surface area contributed by atoms with Crippen molar-refractivity contribution in [2.24, 2.45) is 0 Å². The van der Waals surface area contributed by atoms with Gasteiger partial charge in [-0.3, -0.25) is 9.59 Å². The molecule has 7 nitrogen and oxygen atoms in total. The van der Waals surface area contributed by atoms with Crippen LogP contribution in [0.2, 0.25) is 0 Å². The van der Waals surface area contributed by atoms with Gasteiger partial charge >= 0.3 is 0 Å². The average molecular weight is 401 g/mol. The molecule has 0 aromatic heterocycles. The fraction of sp³-hybridized carbons (Fsp3) is 0.300. The second kappa shape index (κ2) is 8.12. The van der Waals surface area contributed by atoms with Crippen LogP contribution in [0.3, 0.4) is 0 Å². The van der Waals surface area contributed by atoms with Crippen LogP contribution in [0.5, 0.6) is 0 Å². The van der Waals surface area contributed by atoms with Crippen molar-refractivity contribution in [1.82, 2.24) is 4.31 Å². The van der Waals surface area contributed by atoms with Gasteiger partial charge in [-0.25, -0.2) is 8.42 Å². The van der Waals surface area contributed by atoms with Gasteiger partial charge in [-0.1, -0.05) is 36.4 Å². The molecule has 1 heterocycles. The van der Waals surface area contributed by atoms with E-state index in [1.807, 2.05) is 6.07 Å². The number of hydrogen-bond acceptors (Lipinski definition) is 4. The maximum absolute atomic E-state index is 13.0. The Morgan fingerprint density at radius 1 is 1.14 bits per heavy atom. The van der Waals surface area contributed by atoms with Crippen LogP contribution < -0.4 is 10.2 Å². The third-order valence-electron chi connectivity index (χ3n) is 4.75. The van der Waals surface area contributed by atoms with E-state index in [1.165, 1.54) is 7.05 Å². The summed E-state index contributed by atoms with van der Waals surface area (Å²) in [4.78, 5) is 26.7. The summed E-state index contributed by atoms with van der Waals surface area (Å²) in [5.74, 6) is -0.411. The van der Waals surface area contributed by atoms with Gasteiger partial charge in [-0.15, -0.1) is 0 Å². The second-order valence-electron chi connectivity index (χ2n) is 6.78. The number of amides is 2. The first-order valence-electron chi connectivity index (χ1n) is 8.96. The third-order valence-corrected chi connectivity index (χ3v) is 6.01. The van der Waals surface area contributed by atoms with E-state index in [0.717, 1.165) is 17.0 Å². The van der Waals surface area contributed by atoms with Crippen LogP contribution in [-0.4, -0.2) is 44.4 Å². The summed E-state index contributed by atoms with van der Waals surface area (Å²) in [7, 11) is -2.22. The SMILES string of the molecule is CN([C@@H](C(=O)Nc1cccc(N2CCCC2=O)c1)c1ccccc1)S(C)(=O)=O. The summed E-state index contributed by atoms with van der Waals surface area (Å²) in [5, 5.41) is 2.79. The van der Waals surface area contributed by atoms with Gasteiger partial charge in [0.15, 0.2) is 0 Å². The lowest BCUT2D eigenvalue weighted by atomic mass is 10.1. The zero-order chi connectivity index (χ0) is 20.3. The molecule has 0 saturated carbocycles. The molecule has 1 fully saturated rings. The quantitative estimate of drug-likeness (QED) is 0.805. The number of carbonyl (C=O) groups excluding carboxylic acids is 2. The standard InChI is InChI=1S/C20H23N3O4S/c1-22(28(2,26)27)19(15-8-4-3-5-9-15)20(25)21-16-10-6-11-17(14-16)23-13-7-12-18(23)24/h3-6,8-11,14,19H,7,12-13H2,1-2H3,(H,21,25)/t19-/m1/s1. The number of likely N-dealkylation sites (N-methyl/N-ethyl adjacent to an activating group) is 1. The fourth-order valence-electron chi connectivity index (χ4n) is 3.24. The Bertz CT molecular complexity index is 976. The first-order chi connectivity index (χ1) is 13.3. The monoisotopic (exact) mass is 401 g/mol. The van der Waals surface area contributed by atoms with Crippen molar-refractivity contribution < 1.29 is 18.0 Å². The highest BCUT2D eigenvalue weighted by Crippen LogP contribution is 2.27. The van der Waals surface area contributed by atoms with Crippen LogP contribution in [0.15, 0.2) is 54.6 Å². The lowest BCUT2D eigenvalue weighted by Gasteiger charge is -2.26. The van der Waals surface area contributed by atoms with Crippen molar-refractivity contribution in [2.75, 3.05) is 30.1 Å². The average Bonchev–Trinajstić information content (AvgIpc) is 3.08. The molecule has 28 heavy (non-hydrogen) atoms. The Balaban J connectivity index is 1.87. The normalized spacial score (nSPS) is 15.7. The molecular weight excluding hydrogens is 378 g/mol. The minimum absolute atomic E-state index is 0.0578. The molecule has 1 N–H and O–H groups in total. The molecule has 1 aliphatic heterocycles. The molecule has 2 aromatic carbocycles. The number of sulfonamides is 1. The number of nitrogens with one attached hydrogen (secondary N) is 1. The maximum Gasteiger partial charge on any atom is 0.247 e. The fourth-order valence-corrected chi connectivity index (χ4v) is 3.84. The van der Waals surface area contributed by atoms with Gasteiger partial charge in [0.2, 0.25) is 21.8 Å². The first kappa shape index (κ1) is 20.0. The number of rotatable bonds is 6. The predicted molar refractivity (Wildman–Crippen MR) is 108 cm³/mol. The Morgan fingerprint density at radius 3 is 2.46 bits per heavy atom. The number of carbonyl (C=O) groups is 2. The molecule has 0 aliphatic carbocycles.